The number of carboxylic acids is 1. The Kier molecular flexibility index (Phi) is 10.7. The maximum atomic E-state index is 14.0. The molecule has 1 aliphatic carbocycles. The summed E-state index contributed by atoms with van der Waals surface area (Å²) >= 11 is 0. The molecule has 51 heavy (non-hydrogen) atoms. The summed E-state index contributed by atoms with van der Waals surface area (Å²) in [6.07, 6.45) is 5.10. The van der Waals surface area contributed by atoms with Crippen molar-refractivity contribution in [1.29, 1.82) is 0 Å². The average molecular weight is 687 g/mol. The first-order chi connectivity index (χ1) is 24.3. The molecule has 6 rings (SSSR count). The molecule has 0 unspecified atom stereocenters. The minimum Gasteiger partial charge on any atom is -0.480 e. The van der Waals surface area contributed by atoms with Crippen LogP contribution in [0.5, 0.6) is 11.5 Å². The minimum atomic E-state index is -1.14. The number of rotatable bonds is 10. The number of nitrogens with zero attached hydrogens (tertiary/aromatic N) is 1. The van der Waals surface area contributed by atoms with E-state index in [1.165, 1.54) is 16.7 Å². The number of aryl methyl sites for hydroxylation is 2. The van der Waals surface area contributed by atoms with E-state index in [1.54, 1.807) is 4.90 Å². The zero-order chi connectivity index (χ0) is 36.3. The molecule has 4 aromatic carbocycles. The predicted molar refractivity (Wildman–Crippen MR) is 201 cm³/mol. The van der Waals surface area contributed by atoms with Crippen LogP contribution < -0.4 is 10.1 Å². The zero-order valence-electron chi connectivity index (χ0n) is 30.5. The lowest BCUT2D eigenvalue weighted by molar-refractivity contribution is -0.145. The number of fused-ring (bicyclic) bond motifs is 1. The molecule has 1 aliphatic heterocycles. The minimum absolute atomic E-state index is 0.0407. The highest BCUT2D eigenvalue weighted by atomic mass is 16.5. The topological polar surface area (TPSA) is 95.9 Å². The van der Waals surface area contributed by atoms with Gasteiger partial charge in [-0.15, -0.1) is 0 Å². The molecule has 2 N–H and O–H groups in total. The van der Waals surface area contributed by atoms with Crippen LogP contribution in [0.2, 0.25) is 0 Å². The third kappa shape index (κ3) is 8.70. The van der Waals surface area contributed by atoms with Gasteiger partial charge in [0.15, 0.2) is 0 Å². The molecule has 7 nitrogen and oxygen atoms in total. The highest BCUT2D eigenvalue weighted by Crippen LogP contribution is 2.34. The van der Waals surface area contributed by atoms with E-state index in [4.69, 9.17) is 4.74 Å². The largest absolute Gasteiger partial charge is 0.480 e. The predicted octanol–water partition coefficient (Wildman–Crippen LogP) is 8.71. The normalized spacial score (nSPS) is 16.7. The van der Waals surface area contributed by atoms with Crippen molar-refractivity contribution in [2.45, 2.75) is 104 Å². The third-order valence-corrected chi connectivity index (χ3v) is 10.7. The van der Waals surface area contributed by atoms with Crippen molar-refractivity contribution in [3.8, 4) is 22.6 Å². The van der Waals surface area contributed by atoms with Crippen molar-refractivity contribution >= 4 is 17.8 Å². The second-order valence-corrected chi connectivity index (χ2v) is 15.5. The Morgan fingerprint density at radius 1 is 0.824 bits per heavy atom. The summed E-state index contributed by atoms with van der Waals surface area (Å²) in [4.78, 5) is 42.0. The summed E-state index contributed by atoms with van der Waals surface area (Å²) in [5, 5.41) is 13.0. The van der Waals surface area contributed by atoms with E-state index in [0.29, 0.717) is 24.5 Å². The monoisotopic (exact) mass is 686 g/mol. The molecular formula is C44H50N2O5. The molecule has 0 saturated heterocycles. The second-order valence-electron chi connectivity index (χ2n) is 15.5. The number of hydrogen-bond donors (Lipinski definition) is 2. The Hall–Kier alpha value is -4.91. The van der Waals surface area contributed by atoms with Crippen molar-refractivity contribution in [3.63, 3.8) is 0 Å². The van der Waals surface area contributed by atoms with Crippen molar-refractivity contribution in [2.75, 3.05) is 0 Å². The lowest BCUT2D eigenvalue weighted by atomic mass is 9.87. The number of carbonyl (C=O) groups is 3. The van der Waals surface area contributed by atoms with Crippen LogP contribution in [0.4, 0.5) is 0 Å². The van der Waals surface area contributed by atoms with Crippen molar-refractivity contribution in [3.05, 3.63) is 118 Å². The fourth-order valence-corrected chi connectivity index (χ4v) is 7.32. The van der Waals surface area contributed by atoms with Crippen molar-refractivity contribution in [2.24, 2.45) is 5.92 Å². The zero-order valence-corrected chi connectivity index (χ0v) is 30.5. The van der Waals surface area contributed by atoms with Gasteiger partial charge in [-0.25, -0.2) is 4.79 Å². The summed E-state index contributed by atoms with van der Waals surface area (Å²) in [5.74, 6) is 0.0814. The highest BCUT2D eigenvalue weighted by molar-refractivity contribution is 5.91. The van der Waals surface area contributed by atoms with Gasteiger partial charge >= 0.3 is 5.97 Å². The molecule has 2 aliphatic rings. The van der Waals surface area contributed by atoms with Gasteiger partial charge in [0.05, 0.1) is 0 Å². The van der Waals surface area contributed by atoms with E-state index >= 15 is 0 Å². The van der Waals surface area contributed by atoms with E-state index in [2.05, 4.69) is 70.3 Å². The van der Waals surface area contributed by atoms with Crippen LogP contribution in [0, 0.1) is 19.8 Å². The number of benzene rings is 4. The van der Waals surface area contributed by atoms with E-state index in [0.717, 1.165) is 59.3 Å². The summed E-state index contributed by atoms with van der Waals surface area (Å²) in [7, 11) is 0. The smallest absolute Gasteiger partial charge is 0.326 e. The molecule has 1 heterocycles. The van der Waals surface area contributed by atoms with Gasteiger partial charge in [0.2, 0.25) is 11.8 Å². The first-order valence-electron chi connectivity index (χ1n) is 18.2. The van der Waals surface area contributed by atoms with Gasteiger partial charge in [-0.2, -0.15) is 0 Å². The van der Waals surface area contributed by atoms with E-state index in [9.17, 15) is 19.5 Å². The number of hydrogen-bond acceptors (Lipinski definition) is 4. The van der Waals surface area contributed by atoms with Gasteiger partial charge in [-0.05, 0) is 107 Å². The van der Waals surface area contributed by atoms with Gasteiger partial charge < -0.3 is 20.1 Å². The maximum Gasteiger partial charge on any atom is 0.326 e. The third-order valence-electron chi connectivity index (χ3n) is 10.7. The molecule has 266 valence electrons. The fourth-order valence-electron chi connectivity index (χ4n) is 7.32. The number of aliphatic carboxylic acids is 1. The Morgan fingerprint density at radius 2 is 1.49 bits per heavy atom. The Bertz CT molecular complexity index is 1880. The molecule has 0 radical (unpaired) electrons. The van der Waals surface area contributed by atoms with Gasteiger partial charge in [0, 0.05) is 25.8 Å². The number of nitrogens with one attached hydrogen (secondary N) is 1. The summed E-state index contributed by atoms with van der Waals surface area (Å²) in [6, 6.07) is 26.1. The van der Waals surface area contributed by atoms with E-state index in [-0.39, 0.29) is 24.3 Å². The molecule has 0 spiro atoms. The fraction of sp³-hybridized carbons (Fsp3) is 0.386. The van der Waals surface area contributed by atoms with Crippen LogP contribution in [0.25, 0.3) is 11.1 Å². The van der Waals surface area contributed by atoms with Crippen LogP contribution in [-0.2, 0) is 39.2 Å². The molecule has 0 aromatic heterocycles. The Morgan fingerprint density at radius 3 is 2.14 bits per heavy atom. The lowest BCUT2D eigenvalue weighted by Crippen LogP contribution is -2.56. The van der Waals surface area contributed by atoms with Crippen LogP contribution in [-0.4, -0.2) is 39.9 Å². The van der Waals surface area contributed by atoms with Crippen LogP contribution in [0.15, 0.2) is 84.9 Å². The van der Waals surface area contributed by atoms with Crippen LogP contribution in [0.1, 0.15) is 86.3 Å². The molecule has 1 saturated carbocycles. The van der Waals surface area contributed by atoms with Crippen LogP contribution in [0.3, 0.4) is 0 Å². The quantitative estimate of drug-likeness (QED) is 0.174. The summed E-state index contributed by atoms with van der Waals surface area (Å²) < 4.78 is 6.22. The van der Waals surface area contributed by atoms with Gasteiger partial charge in [0.25, 0.3) is 0 Å². The first kappa shape index (κ1) is 35.9. The van der Waals surface area contributed by atoms with Gasteiger partial charge in [-0.3, -0.25) is 9.59 Å². The standard InChI is InChI=1S/C44H50N2O5/c1-28-10-13-33(22-29(28)2)32-14-11-31(12-15-32)23-39(43(49)50)45-42(48)40-26-34-16-19-38(51-37-20-17-36(18-21-37)44(3,4)5)25-35(34)27-46(40)41(47)24-30-8-6-7-9-30/h10-22,25,30,39-40H,6-9,23-24,26-27H2,1-5H3,(H,45,48)(H,49,50)/t39-,40-/m0/s1. The summed E-state index contributed by atoms with van der Waals surface area (Å²) in [6.45, 7) is 10.9. The Balaban J connectivity index is 1.18. The van der Waals surface area contributed by atoms with E-state index in [1.807, 2.05) is 54.6 Å². The van der Waals surface area contributed by atoms with Gasteiger partial charge in [-0.1, -0.05) is 94.3 Å². The van der Waals surface area contributed by atoms with Gasteiger partial charge in [0.1, 0.15) is 23.6 Å². The Labute approximate surface area is 302 Å². The molecule has 2 atom stereocenters. The molecule has 2 amide bonds. The number of carbonyl (C=O) groups excluding carboxylic acids is 2. The SMILES string of the molecule is Cc1ccc(-c2ccc(C[C@H](NC(=O)[C@@H]3Cc4ccc(Oc5ccc(C(C)(C)C)cc5)cc4CN3C(=O)CC3CCCC3)C(=O)O)cc2)cc1C. The number of amides is 2. The lowest BCUT2D eigenvalue weighted by Gasteiger charge is -2.37. The molecule has 4 aromatic rings. The highest BCUT2D eigenvalue weighted by Gasteiger charge is 2.37. The second kappa shape index (κ2) is 15.1. The first-order valence-corrected chi connectivity index (χ1v) is 18.2. The molecule has 7 heteroatoms. The van der Waals surface area contributed by atoms with Crippen LogP contribution >= 0.6 is 0 Å². The molecule has 1 fully saturated rings. The molecule has 0 bridgehead atoms. The molecular weight excluding hydrogens is 636 g/mol. The number of carboxylic acid groups (broad SMARTS) is 1. The maximum absolute atomic E-state index is 14.0. The summed E-state index contributed by atoms with van der Waals surface area (Å²) in [5.41, 5.74) is 8.53. The number of ether oxygens (including phenoxy) is 1. The average Bonchev–Trinajstić information content (AvgIpc) is 3.61. The van der Waals surface area contributed by atoms with E-state index < -0.39 is 24.0 Å². The van der Waals surface area contributed by atoms with Crippen molar-refractivity contribution < 1.29 is 24.2 Å². The van der Waals surface area contributed by atoms with Crippen molar-refractivity contribution in [1.82, 2.24) is 10.2 Å².